The van der Waals surface area contributed by atoms with Crippen LogP contribution in [0.5, 0.6) is 11.5 Å². The lowest BCUT2D eigenvalue weighted by Crippen LogP contribution is -2.07. The number of hydrogen-bond acceptors (Lipinski definition) is 2. The van der Waals surface area contributed by atoms with Gasteiger partial charge in [-0.15, -0.1) is 0 Å². The van der Waals surface area contributed by atoms with E-state index < -0.39 is 0 Å². The Morgan fingerprint density at radius 2 is 1.52 bits per heavy atom. The SMILES string of the molecule is CC[C@H](N)c1ccc(Oc2ccc3ccccc3c2)cc1. The molecule has 0 aliphatic carbocycles. The Morgan fingerprint density at radius 3 is 2.24 bits per heavy atom. The van der Waals surface area contributed by atoms with Crippen LogP contribution in [0, 0.1) is 0 Å². The van der Waals surface area contributed by atoms with Crippen LogP contribution in [0.1, 0.15) is 24.9 Å². The van der Waals surface area contributed by atoms with Gasteiger partial charge >= 0.3 is 0 Å². The molecule has 0 unspecified atom stereocenters. The molecule has 0 heterocycles. The predicted octanol–water partition coefficient (Wildman–Crippen LogP) is 5.04. The van der Waals surface area contributed by atoms with Gasteiger partial charge in [0.1, 0.15) is 11.5 Å². The quantitative estimate of drug-likeness (QED) is 0.725. The largest absolute Gasteiger partial charge is 0.457 e. The first-order valence-electron chi connectivity index (χ1n) is 7.28. The van der Waals surface area contributed by atoms with E-state index in [0.717, 1.165) is 23.5 Å². The summed E-state index contributed by atoms with van der Waals surface area (Å²) in [7, 11) is 0. The molecule has 0 spiro atoms. The van der Waals surface area contributed by atoms with E-state index in [1.165, 1.54) is 10.8 Å². The van der Waals surface area contributed by atoms with Crippen LogP contribution in [-0.4, -0.2) is 0 Å². The lowest BCUT2D eigenvalue weighted by atomic mass is 10.1. The highest BCUT2D eigenvalue weighted by Crippen LogP contribution is 2.26. The van der Waals surface area contributed by atoms with Crippen LogP contribution in [0.25, 0.3) is 10.8 Å². The minimum absolute atomic E-state index is 0.0970. The summed E-state index contributed by atoms with van der Waals surface area (Å²) >= 11 is 0. The van der Waals surface area contributed by atoms with Gasteiger partial charge in [0.25, 0.3) is 0 Å². The summed E-state index contributed by atoms with van der Waals surface area (Å²) in [5, 5.41) is 2.40. The van der Waals surface area contributed by atoms with Crippen molar-refractivity contribution >= 4 is 10.8 Å². The Kier molecular flexibility index (Phi) is 3.89. The average Bonchev–Trinajstić information content (AvgIpc) is 2.55. The molecule has 0 aliphatic rings. The van der Waals surface area contributed by atoms with Gasteiger partial charge in [0.05, 0.1) is 0 Å². The molecule has 2 nitrogen and oxygen atoms in total. The molecule has 0 radical (unpaired) electrons. The van der Waals surface area contributed by atoms with E-state index in [1.807, 2.05) is 42.5 Å². The summed E-state index contributed by atoms with van der Waals surface area (Å²) in [6.07, 6.45) is 0.935. The molecule has 0 fully saturated rings. The van der Waals surface area contributed by atoms with Crippen molar-refractivity contribution in [1.82, 2.24) is 0 Å². The summed E-state index contributed by atoms with van der Waals surface area (Å²) in [6, 6.07) is 22.5. The maximum Gasteiger partial charge on any atom is 0.128 e. The maximum atomic E-state index is 6.02. The lowest BCUT2D eigenvalue weighted by molar-refractivity contribution is 0.483. The Bertz CT molecular complexity index is 734. The van der Waals surface area contributed by atoms with Gasteiger partial charge in [-0.2, -0.15) is 0 Å². The van der Waals surface area contributed by atoms with Gasteiger partial charge in [0.15, 0.2) is 0 Å². The van der Waals surface area contributed by atoms with Gasteiger partial charge in [-0.25, -0.2) is 0 Å². The number of nitrogens with two attached hydrogens (primary N) is 1. The second-order valence-corrected chi connectivity index (χ2v) is 5.19. The monoisotopic (exact) mass is 277 g/mol. The minimum atomic E-state index is 0.0970. The van der Waals surface area contributed by atoms with Crippen molar-refractivity contribution in [1.29, 1.82) is 0 Å². The second-order valence-electron chi connectivity index (χ2n) is 5.19. The fraction of sp³-hybridized carbons (Fsp3) is 0.158. The normalized spacial score (nSPS) is 12.3. The molecule has 2 heteroatoms. The van der Waals surface area contributed by atoms with E-state index in [2.05, 4.69) is 31.2 Å². The van der Waals surface area contributed by atoms with Crippen molar-refractivity contribution in [3.05, 3.63) is 72.3 Å². The first kappa shape index (κ1) is 13.7. The zero-order valence-corrected chi connectivity index (χ0v) is 12.1. The molecule has 1 atom stereocenters. The summed E-state index contributed by atoms with van der Waals surface area (Å²) in [5.41, 5.74) is 7.16. The molecule has 0 bridgehead atoms. The summed E-state index contributed by atoms with van der Waals surface area (Å²) in [5.74, 6) is 1.68. The summed E-state index contributed by atoms with van der Waals surface area (Å²) in [6.45, 7) is 2.09. The van der Waals surface area contributed by atoms with E-state index in [9.17, 15) is 0 Å². The van der Waals surface area contributed by atoms with Crippen LogP contribution in [0.15, 0.2) is 66.7 Å². The predicted molar refractivity (Wildman–Crippen MR) is 87.7 cm³/mol. The van der Waals surface area contributed by atoms with Gasteiger partial charge in [-0.05, 0) is 47.0 Å². The third kappa shape index (κ3) is 3.06. The number of ether oxygens (including phenoxy) is 1. The number of fused-ring (bicyclic) bond motifs is 1. The molecule has 0 saturated heterocycles. The maximum absolute atomic E-state index is 6.02. The lowest BCUT2D eigenvalue weighted by Gasteiger charge is -2.11. The first-order chi connectivity index (χ1) is 10.3. The molecule has 3 aromatic carbocycles. The average molecular weight is 277 g/mol. The van der Waals surface area contributed by atoms with E-state index in [1.54, 1.807) is 0 Å². The fourth-order valence-corrected chi connectivity index (χ4v) is 2.39. The van der Waals surface area contributed by atoms with Crippen molar-refractivity contribution in [2.75, 3.05) is 0 Å². The van der Waals surface area contributed by atoms with Crippen LogP contribution in [0.3, 0.4) is 0 Å². The molecule has 2 N–H and O–H groups in total. The molecule has 21 heavy (non-hydrogen) atoms. The zero-order chi connectivity index (χ0) is 14.7. The molecule has 0 saturated carbocycles. The fourth-order valence-electron chi connectivity index (χ4n) is 2.39. The van der Waals surface area contributed by atoms with Crippen LogP contribution in [0.4, 0.5) is 0 Å². The smallest absolute Gasteiger partial charge is 0.128 e. The molecule has 0 aromatic heterocycles. The van der Waals surface area contributed by atoms with Gasteiger partial charge in [-0.3, -0.25) is 0 Å². The van der Waals surface area contributed by atoms with Gasteiger partial charge < -0.3 is 10.5 Å². The minimum Gasteiger partial charge on any atom is -0.457 e. The van der Waals surface area contributed by atoms with Crippen LogP contribution in [-0.2, 0) is 0 Å². The van der Waals surface area contributed by atoms with E-state index in [-0.39, 0.29) is 6.04 Å². The second kappa shape index (κ2) is 5.98. The molecular formula is C19H19NO. The highest BCUT2D eigenvalue weighted by Gasteiger charge is 2.04. The van der Waals surface area contributed by atoms with Crippen molar-refractivity contribution < 1.29 is 4.74 Å². The number of hydrogen-bond donors (Lipinski definition) is 1. The molecule has 3 aromatic rings. The van der Waals surface area contributed by atoms with Gasteiger partial charge in [0.2, 0.25) is 0 Å². The van der Waals surface area contributed by atoms with Crippen molar-refractivity contribution in [3.8, 4) is 11.5 Å². The standard InChI is InChI=1S/C19H19NO/c1-2-19(20)15-8-10-17(11-9-15)21-18-12-7-14-5-3-4-6-16(14)13-18/h3-13,19H,2,20H2,1H3/t19-/m0/s1. The van der Waals surface area contributed by atoms with Gasteiger partial charge in [-0.1, -0.05) is 49.4 Å². The Hall–Kier alpha value is -2.32. The Morgan fingerprint density at radius 1 is 0.857 bits per heavy atom. The van der Waals surface area contributed by atoms with Crippen molar-refractivity contribution in [2.24, 2.45) is 5.73 Å². The topological polar surface area (TPSA) is 35.2 Å². The van der Waals surface area contributed by atoms with Crippen LogP contribution >= 0.6 is 0 Å². The van der Waals surface area contributed by atoms with Crippen LogP contribution in [0.2, 0.25) is 0 Å². The van der Waals surface area contributed by atoms with E-state index >= 15 is 0 Å². The highest BCUT2D eigenvalue weighted by molar-refractivity contribution is 5.83. The van der Waals surface area contributed by atoms with Crippen LogP contribution < -0.4 is 10.5 Å². The molecule has 106 valence electrons. The van der Waals surface area contributed by atoms with E-state index in [0.29, 0.717) is 0 Å². The molecule has 0 aliphatic heterocycles. The number of benzene rings is 3. The van der Waals surface area contributed by atoms with Gasteiger partial charge in [0, 0.05) is 6.04 Å². The first-order valence-corrected chi connectivity index (χ1v) is 7.28. The highest BCUT2D eigenvalue weighted by atomic mass is 16.5. The zero-order valence-electron chi connectivity index (χ0n) is 12.1. The van der Waals surface area contributed by atoms with Crippen molar-refractivity contribution in [3.63, 3.8) is 0 Å². The molecular weight excluding hydrogens is 258 g/mol. The third-order valence-electron chi connectivity index (χ3n) is 3.70. The summed E-state index contributed by atoms with van der Waals surface area (Å²) < 4.78 is 5.91. The Balaban J connectivity index is 1.81. The molecule has 3 rings (SSSR count). The van der Waals surface area contributed by atoms with E-state index in [4.69, 9.17) is 10.5 Å². The number of rotatable bonds is 4. The third-order valence-corrected chi connectivity index (χ3v) is 3.70. The molecule has 0 amide bonds. The van der Waals surface area contributed by atoms with Crippen molar-refractivity contribution in [2.45, 2.75) is 19.4 Å². The summed E-state index contributed by atoms with van der Waals surface area (Å²) in [4.78, 5) is 0. The Labute approximate surface area is 125 Å².